The summed E-state index contributed by atoms with van der Waals surface area (Å²) < 4.78 is 1.23. The SMILES string of the molecule is CCNC(Cc1sccc1Br)c1c(C)cc(C)cc1C. The van der Waals surface area contributed by atoms with Crippen LogP contribution in [-0.2, 0) is 6.42 Å². The maximum Gasteiger partial charge on any atom is 0.0374 e. The van der Waals surface area contributed by atoms with Crippen LogP contribution < -0.4 is 5.32 Å². The molecule has 0 saturated heterocycles. The van der Waals surface area contributed by atoms with Gasteiger partial charge in [-0.15, -0.1) is 11.3 Å². The Morgan fingerprint density at radius 1 is 1.20 bits per heavy atom. The van der Waals surface area contributed by atoms with E-state index >= 15 is 0 Å². The van der Waals surface area contributed by atoms with Crippen LogP contribution in [0.4, 0.5) is 0 Å². The Hall–Kier alpha value is -0.640. The molecule has 0 fully saturated rings. The van der Waals surface area contributed by atoms with Crippen molar-refractivity contribution in [1.82, 2.24) is 5.32 Å². The van der Waals surface area contributed by atoms with E-state index in [-0.39, 0.29) is 0 Å². The van der Waals surface area contributed by atoms with E-state index in [9.17, 15) is 0 Å². The zero-order valence-electron chi connectivity index (χ0n) is 12.6. The van der Waals surface area contributed by atoms with Crippen LogP contribution in [-0.4, -0.2) is 6.54 Å². The molecule has 0 saturated carbocycles. The molecule has 20 heavy (non-hydrogen) atoms. The average Bonchev–Trinajstić information content (AvgIpc) is 2.74. The Balaban J connectivity index is 2.36. The van der Waals surface area contributed by atoms with Crippen molar-refractivity contribution in [1.29, 1.82) is 0 Å². The number of nitrogens with one attached hydrogen (secondary N) is 1. The van der Waals surface area contributed by atoms with E-state index in [1.807, 2.05) is 11.3 Å². The average molecular weight is 352 g/mol. The Morgan fingerprint density at radius 3 is 2.35 bits per heavy atom. The van der Waals surface area contributed by atoms with Crippen LogP contribution in [0.25, 0.3) is 0 Å². The molecule has 0 bridgehead atoms. The zero-order valence-corrected chi connectivity index (χ0v) is 15.0. The third-order valence-corrected chi connectivity index (χ3v) is 5.57. The molecular formula is C17H22BrNS. The van der Waals surface area contributed by atoms with Crippen molar-refractivity contribution in [2.24, 2.45) is 0 Å². The first-order chi connectivity index (χ1) is 9.52. The quantitative estimate of drug-likeness (QED) is 0.767. The van der Waals surface area contributed by atoms with Crippen LogP contribution in [0.1, 0.15) is 40.1 Å². The van der Waals surface area contributed by atoms with E-state index in [1.165, 1.54) is 31.6 Å². The molecule has 1 unspecified atom stereocenters. The summed E-state index contributed by atoms with van der Waals surface area (Å²) >= 11 is 5.48. The van der Waals surface area contributed by atoms with Gasteiger partial charge in [-0.25, -0.2) is 0 Å². The summed E-state index contributed by atoms with van der Waals surface area (Å²) in [5, 5.41) is 5.80. The highest BCUT2D eigenvalue weighted by molar-refractivity contribution is 9.10. The molecular weight excluding hydrogens is 330 g/mol. The lowest BCUT2D eigenvalue weighted by Gasteiger charge is -2.23. The molecule has 3 heteroatoms. The largest absolute Gasteiger partial charge is 0.310 e. The summed E-state index contributed by atoms with van der Waals surface area (Å²) in [7, 11) is 0. The van der Waals surface area contributed by atoms with Gasteiger partial charge < -0.3 is 5.32 Å². The molecule has 1 aromatic carbocycles. The molecule has 0 spiro atoms. The fourth-order valence-corrected chi connectivity index (χ4v) is 4.48. The van der Waals surface area contributed by atoms with Crippen molar-refractivity contribution in [3.8, 4) is 0 Å². The second-order valence-corrected chi connectivity index (χ2v) is 7.17. The van der Waals surface area contributed by atoms with Gasteiger partial charge in [-0.2, -0.15) is 0 Å². The van der Waals surface area contributed by atoms with E-state index in [1.54, 1.807) is 0 Å². The third kappa shape index (κ3) is 3.51. The van der Waals surface area contributed by atoms with Crippen LogP contribution in [0.5, 0.6) is 0 Å². The van der Waals surface area contributed by atoms with Crippen molar-refractivity contribution in [2.75, 3.05) is 6.54 Å². The highest BCUT2D eigenvalue weighted by atomic mass is 79.9. The first-order valence-electron chi connectivity index (χ1n) is 7.06. The predicted octanol–water partition coefficient (Wildman–Crippen LogP) is 5.33. The Kier molecular flexibility index (Phi) is 5.42. The fourth-order valence-electron chi connectivity index (χ4n) is 2.92. The van der Waals surface area contributed by atoms with Gasteiger partial charge >= 0.3 is 0 Å². The van der Waals surface area contributed by atoms with E-state index in [4.69, 9.17) is 0 Å². The van der Waals surface area contributed by atoms with Gasteiger partial charge in [-0.05, 0) is 71.4 Å². The summed E-state index contributed by atoms with van der Waals surface area (Å²) in [6.45, 7) is 9.78. The number of hydrogen-bond acceptors (Lipinski definition) is 2. The van der Waals surface area contributed by atoms with Gasteiger partial charge in [0, 0.05) is 21.8 Å². The fraction of sp³-hybridized carbons (Fsp3) is 0.412. The molecule has 2 rings (SSSR count). The predicted molar refractivity (Wildman–Crippen MR) is 92.8 cm³/mol. The van der Waals surface area contributed by atoms with Crippen LogP contribution in [0.3, 0.4) is 0 Å². The van der Waals surface area contributed by atoms with Gasteiger partial charge in [-0.1, -0.05) is 24.6 Å². The molecule has 0 aliphatic rings. The van der Waals surface area contributed by atoms with Crippen molar-refractivity contribution < 1.29 is 0 Å². The van der Waals surface area contributed by atoms with E-state index in [2.05, 4.69) is 72.5 Å². The van der Waals surface area contributed by atoms with Crippen LogP contribution in [0, 0.1) is 20.8 Å². The van der Waals surface area contributed by atoms with Gasteiger partial charge in [0.15, 0.2) is 0 Å². The van der Waals surface area contributed by atoms with Crippen molar-refractivity contribution in [2.45, 2.75) is 40.2 Å². The third-order valence-electron chi connectivity index (χ3n) is 3.62. The smallest absolute Gasteiger partial charge is 0.0374 e. The molecule has 1 nitrogen and oxygen atoms in total. The number of thiophene rings is 1. The lowest BCUT2D eigenvalue weighted by Crippen LogP contribution is -2.24. The molecule has 0 aliphatic heterocycles. The van der Waals surface area contributed by atoms with Crippen molar-refractivity contribution in [3.63, 3.8) is 0 Å². The van der Waals surface area contributed by atoms with Gasteiger partial charge in [0.25, 0.3) is 0 Å². The number of halogens is 1. The molecule has 0 aliphatic carbocycles. The summed E-state index contributed by atoms with van der Waals surface area (Å²) in [5.41, 5.74) is 5.58. The Labute approximate surface area is 134 Å². The van der Waals surface area contributed by atoms with Crippen LogP contribution >= 0.6 is 27.3 Å². The monoisotopic (exact) mass is 351 g/mol. The van der Waals surface area contributed by atoms with Gasteiger partial charge in [0.05, 0.1) is 0 Å². The number of rotatable bonds is 5. The van der Waals surface area contributed by atoms with Crippen LogP contribution in [0.2, 0.25) is 0 Å². The first kappa shape index (κ1) is 15.7. The maximum atomic E-state index is 3.65. The highest BCUT2D eigenvalue weighted by Crippen LogP contribution is 2.31. The number of hydrogen-bond donors (Lipinski definition) is 1. The summed E-state index contributed by atoms with van der Waals surface area (Å²) in [6.07, 6.45) is 1.04. The van der Waals surface area contributed by atoms with E-state index in [0.29, 0.717) is 6.04 Å². The zero-order chi connectivity index (χ0) is 14.7. The number of likely N-dealkylation sites (N-methyl/N-ethyl adjacent to an activating group) is 1. The number of benzene rings is 1. The summed E-state index contributed by atoms with van der Waals surface area (Å²) in [6, 6.07) is 7.10. The Bertz CT molecular complexity index is 565. The summed E-state index contributed by atoms with van der Waals surface area (Å²) in [4.78, 5) is 1.41. The molecule has 1 N–H and O–H groups in total. The minimum Gasteiger partial charge on any atom is -0.310 e. The molecule has 108 valence electrons. The second kappa shape index (κ2) is 6.88. The number of aryl methyl sites for hydroxylation is 3. The maximum absolute atomic E-state index is 3.65. The molecule has 1 atom stereocenters. The molecule has 1 heterocycles. The topological polar surface area (TPSA) is 12.0 Å². The van der Waals surface area contributed by atoms with E-state index in [0.717, 1.165) is 13.0 Å². The lowest BCUT2D eigenvalue weighted by molar-refractivity contribution is 0.547. The van der Waals surface area contributed by atoms with Gasteiger partial charge in [0.1, 0.15) is 0 Å². The minimum absolute atomic E-state index is 0.385. The summed E-state index contributed by atoms with van der Waals surface area (Å²) in [5.74, 6) is 0. The molecule has 0 radical (unpaired) electrons. The van der Waals surface area contributed by atoms with Gasteiger partial charge in [-0.3, -0.25) is 0 Å². The van der Waals surface area contributed by atoms with E-state index < -0.39 is 0 Å². The highest BCUT2D eigenvalue weighted by Gasteiger charge is 2.18. The van der Waals surface area contributed by atoms with Crippen molar-refractivity contribution in [3.05, 3.63) is 55.2 Å². The van der Waals surface area contributed by atoms with Crippen molar-refractivity contribution >= 4 is 27.3 Å². The normalized spacial score (nSPS) is 12.7. The van der Waals surface area contributed by atoms with Crippen LogP contribution in [0.15, 0.2) is 28.1 Å². The molecule has 0 amide bonds. The molecule has 1 aromatic heterocycles. The minimum atomic E-state index is 0.385. The molecule has 2 aromatic rings. The second-order valence-electron chi connectivity index (χ2n) is 5.32. The van der Waals surface area contributed by atoms with Gasteiger partial charge in [0.2, 0.25) is 0 Å². The first-order valence-corrected chi connectivity index (χ1v) is 8.73. The standard InChI is InChI=1S/C17H22BrNS/c1-5-19-15(10-16-14(18)6-7-20-16)17-12(3)8-11(2)9-13(17)4/h6-9,15,19H,5,10H2,1-4H3. The Morgan fingerprint density at radius 2 is 1.85 bits per heavy atom. The lowest BCUT2D eigenvalue weighted by atomic mass is 9.92.